The number of benzene rings is 3. The zero-order valence-electron chi connectivity index (χ0n) is 12.7. The quantitative estimate of drug-likeness (QED) is 0.439. The van der Waals surface area contributed by atoms with Crippen molar-refractivity contribution in [3.05, 3.63) is 108 Å². The summed E-state index contributed by atoms with van der Waals surface area (Å²) < 4.78 is 0. The molecule has 0 aromatic heterocycles. The Balaban J connectivity index is 0.00000144. The molecule has 24 heavy (non-hydrogen) atoms. The Labute approximate surface area is 167 Å². The zero-order valence-corrected chi connectivity index (χ0v) is 16.0. The summed E-state index contributed by atoms with van der Waals surface area (Å²) in [5.74, 6) is -0.879. The monoisotopic (exact) mass is 494 g/mol. The van der Waals surface area contributed by atoms with Crippen molar-refractivity contribution < 1.29 is 48.9 Å². The number of carboxylic acid groups (broad SMARTS) is 1. The van der Waals surface area contributed by atoms with E-state index in [2.05, 4.69) is 0 Å². The third-order valence-electron chi connectivity index (χ3n) is 3.94. The smallest absolute Gasteiger partial charge is 0.323 e. The fourth-order valence-electron chi connectivity index (χ4n) is 2.93. The van der Waals surface area contributed by atoms with Gasteiger partial charge in [-0.3, -0.25) is 4.79 Å². The summed E-state index contributed by atoms with van der Waals surface area (Å²) in [7, 11) is 0. The van der Waals surface area contributed by atoms with Crippen LogP contribution in [0.4, 0.5) is 0 Å². The minimum atomic E-state index is -1.20. The van der Waals surface area contributed by atoms with Crippen LogP contribution in [0.3, 0.4) is 0 Å². The van der Waals surface area contributed by atoms with Gasteiger partial charge in [-0.1, -0.05) is 91.0 Å². The van der Waals surface area contributed by atoms with Crippen LogP contribution in [0.1, 0.15) is 16.7 Å². The number of hydrogen-bond donors (Lipinski definition) is 1. The maximum absolute atomic E-state index is 12.4. The van der Waals surface area contributed by atoms with E-state index >= 15 is 0 Å². The van der Waals surface area contributed by atoms with Gasteiger partial charge in [0, 0.05) is 39.0 Å². The van der Waals surface area contributed by atoms with Crippen LogP contribution in [0.2, 0.25) is 0 Å². The van der Waals surface area contributed by atoms with Gasteiger partial charge in [0.2, 0.25) is 0 Å². The molecule has 0 aliphatic rings. The first-order valence-corrected chi connectivity index (χ1v) is 7.16. The van der Waals surface area contributed by atoms with Gasteiger partial charge in [0.15, 0.2) is 0 Å². The number of hydrogen-bond acceptors (Lipinski definition) is 1. The van der Waals surface area contributed by atoms with Crippen LogP contribution >= 0.6 is 0 Å². The van der Waals surface area contributed by atoms with Crippen molar-refractivity contribution >= 4 is 5.97 Å². The van der Waals surface area contributed by atoms with Crippen LogP contribution in [0.15, 0.2) is 91.0 Å². The molecule has 0 spiro atoms. The molecule has 0 saturated carbocycles. The Hall–Kier alpha value is -1.62. The van der Waals surface area contributed by atoms with E-state index in [4.69, 9.17) is 0 Å². The Kier molecular flexibility index (Phi) is 7.67. The van der Waals surface area contributed by atoms with Crippen LogP contribution in [-0.2, 0) is 49.2 Å². The molecule has 3 aromatic carbocycles. The minimum Gasteiger partial charge on any atom is -0.480 e. The maximum atomic E-state index is 12.4. The number of carbonyl (C=O) groups is 1. The van der Waals surface area contributed by atoms with Crippen molar-refractivity contribution in [3.8, 4) is 0 Å². The molecule has 3 aromatic rings. The average molecular weight is 494 g/mol. The predicted molar refractivity (Wildman–Crippen MR) is 86.8 cm³/mol. The Morgan fingerprint density at radius 2 is 0.833 bits per heavy atom. The standard InChI is InChI=1S/C20H16O2.2Rh/c21-19(22)20(16-10-4-1-5-11-16,17-12-6-2-7-13-17)18-14-8-3-9-15-18;;/h1-15H,(H,21,22);;. The van der Waals surface area contributed by atoms with Crippen molar-refractivity contribution in [3.63, 3.8) is 0 Å². The number of aliphatic carboxylic acids is 1. The predicted octanol–water partition coefficient (Wildman–Crippen LogP) is 4.10. The van der Waals surface area contributed by atoms with E-state index in [1.165, 1.54) is 0 Å². The van der Waals surface area contributed by atoms with Gasteiger partial charge in [-0.05, 0) is 16.7 Å². The van der Waals surface area contributed by atoms with Gasteiger partial charge in [0.1, 0.15) is 5.41 Å². The van der Waals surface area contributed by atoms with Crippen LogP contribution in [0.5, 0.6) is 0 Å². The Morgan fingerprint density at radius 1 is 0.583 bits per heavy atom. The molecule has 0 unspecified atom stereocenters. The first-order valence-electron chi connectivity index (χ1n) is 7.16. The third-order valence-corrected chi connectivity index (χ3v) is 3.94. The molecule has 0 heterocycles. The molecule has 4 heteroatoms. The van der Waals surface area contributed by atoms with Crippen molar-refractivity contribution in [2.75, 3.05) is 0 Å². The molecule has 2 nitrogen and oxygen atoms in total. The summed E-state index contributed by atoms with van der Waals surface area (Å²) in [4.78, 5) is 12.4. The normalized spacial score (nSPS) is 10.2. The topological polar surface area (TPSA) is 37.3 Å². The summed E-state index contributed by atoms with van der Waals surface area (Å²) in [6.07, 6.45) is 0. The molecule has 0 aliphatic heterocycles. The molecule has 0 saturated heterocycles. The summed E-state index contributed by atoms with van der Waals surface area (Å²) in [5, 5.41) is 10.2. The van der Waals surface area contributed by atoms with E-state index in [-0.39, 0.29) is 39.0 Å². The first kappa shape index (κ1) is 20.4. The molecule has 3 rings (SSSR count). The average Bonchev–Trinajstić information content (AvgIpc) is 2.58. The van der Waals surface area contributed by atoms with Crippen LogP contribution in [-0.4, -0.2) is 11.1 Å². The summed E-state index contributed by atoms with van der Waals surface area (Å²) >= 11 is 0. The second-order valence-corrected chi connectivity index (χ2v) is 5.15. The van der Waals surface area contributed by atoms with Crippen LogP contribution < -0.4 is 0 Å². The molecule has 0 fully saturated rings. The van der Waals surface area contributed by atoms with E-state index in [1.807, 2.05) is 91.0 Å². The maximum Gasteiger partial charge on any atom is 0.323 e. The molecule has 0 atom stereocenters. The molecular weight excluding hydrogens is 478 g/mol. The molecule has 1 N–H and O–H groups in total. The number of rotatable bonds is 4. The third kappa shape index (κ3) is 3.56. The van der Waals surface area contributed by atoms with Gasteiger partial charge in [0.25, 0.3) is 0 Å². The van der Waals surface area contributed by atoms with E-state index in [1.54, 1.807) is 0 Å². The van der Waals surface area contributed by atoms with Crippen LogP contribution in [0.25, 0.3) is 0 Å². The van der Waals surface area contributed by atoms with Crippen molar-refractivity contribution in [2.24, 2.45) is 0 Å². The molecule has 126 valence electrons. The van der Waals surface area contributed by atoms with Crippen LogP contribution in [0, 0.1) is 0 Å². The van der Waals surface area contributed by atoms with E-state index in [9.17, 15) is 9.90 Å². The SMILES string of the molecule is O=C(O)C(c1ccccc1)(c1ccccc1)c1ccccc1.[Rh].[Rh]. The minimum absolute atomic E-state index is 0. The Bertz CT molecular complexity index is 663. The summed E-state index contributed by atoms with van der Waals surface area (Å²) in [6.45, 7) is 0. The van der Waals surface area contributed by atoms with Gasteiger partial charge >= 0.3 is 5.97 Å². The fourth-order valence-corrected chi connectivity index (χ4v) is 2.93. The van der Waals surface area contributed by atoms with E-state index in [0.717, 1.165) is 16.7 Å². The largest absolute Gasteiger partial charge is 0.480 e. The van der Waals surface area contributed by atoms with Gasteiger partial charge in [-0.25, -0.2) is 0 Å². The van der Waals surface area contributed by atoms with Gasteiger partial charge in [0.05, 0.1) is 0 Å². The fraction of sp³-hybridized carbons (Fsp3) is 0.0500. The second-order valence-electron chi connectivity index (χ2n) is 5.15. The molecule has 0 aliphatic carbocycles. The second kappa shape index (κ2) is 9.02. The summed E-state index contributed by atoms with van der Waals surface area (Å²) in [6, 6.07) is 28.1. The molecular formula is C20H16O2Rh2. The number of carboxylic acids is 1. The molecule has 0 bridgehead atoms. The van der Waals surface area contributed by atoms with Gasteiger partial charge in [-0.15, -0.1) is 0 Å². The van der Waals surface area contributed by atoms with E-state index in [0.29, 0.717) is 0 Å². The first-order chi connectivity index (χ1) is 10.8. The van der Waals surface area contributed by atoms with Gasteiger partial charge in [-0.2, -0.15) is 0 Å². The zero-order chi connectivity index (χ0) is 15.4. The summed E-state index contributed by atoms with van der Waals surface area (Å²) in [5.41, 5.74) is 1.05. The van der Waals surface area contributed by atoms with Gasteiger partial charge < -0.3 is 5.11 Å². The van der Waals surface area contributed by atoms with Crippen molar-refractivity contribution in [2.45, 2.75) is 5.41 Å². The van der Waals surface area contributed by atoms with Crippen molar-refractivity contribution in [1.82, 2.24) is 0 Å². The van der Waals surface area contributed by atoms with Crippen molar-refractivity contribution in [1.29, 1.82) is 0 Å². The molecule has 2 radical (unpaired) electrons. The Morgan fingerprint density at radius 3 is 1.04 bits per heavy atom. The molecule has 0 amide bonds. The van der Waals surface area contributed by atoms with E-state index < -0.39 is 11.4 Å².